The van der Waals surface area contributed by atoms with Crippen LogP contribution < -0.4 is 4.90 Å². The molecular formula is C19H20ClN3O2S. The van der Waals surface area contributed by atoms with E-state index in [1.165, 1.54) is 15.3 Å². The van der Waals surface area contributed by atoms with Crippen molar-refractivity contribution in [2.24, 2.45) is 0 Å². The van der Waals surface area contributed by atoms with Gasteiger partial charge in [-0.25, -0.2) is 9.69 Å². The van der Waals surface area contributed by atoms with E-state index < -0.39 is 6.04 Å². The van der Waals surface area contributed by atoms with E-state index in [0.717, 1.165) is 23.8 Å². The van der Waals surface area contributed by atoms with Gasteiger partial charge >= 0.3 is 6.03 Å². The number of halogens is 1. The minimum atomic E-state index is -0.405. The summed E-state index contributed by atoms with van der Waals surface area (Å²) >= 11 is 7.56. The molecule has 0 aliphatic carbocycles. The second-order valence-corrected chi connectivity index (χ2v) is 8.43. The van der Waals surface area contributed by atoms with Crippen molar-refractivity contribution in [3.8, 4) is 0 Å². The number of fused-ring (bicyclic) bond motifs is 1. The van der Waals surface area contributed by atoms with E-state index in [1.54, 1.807) is 16.2 Å². The number of carbonyl (C=O) groups is 2. The van der Waals surface area contributed by atoms with E-state index in [9.17, 15) is 9.59 Å². The Morgan fingerprint density at radius 3 is 2.54 bits per heavy atom. The average molecular weight is 390 g/mol. The second kappa shape index (κ2) is 7.02. The standard InChI is InChI=1S/C19H20ClN3O2S/c1-2-13-3-5-14(6-4-13)23-18(24)16-12-21(9-10-22(16)19(23)25)11-15-7-8-17(20)26-15/h3-8,16H,2,9-12H2,1H3. The third-order valence-electron chi connectivity index (χ3n) is 5.02. The number of carbonyl (C=O) groups excluding carboxylic acids is 2. The lowest BCUT2D eigenvalue weighted by atomic mass is 10.1. The summed E-state index contributed by atoms with van der Waals surface area (Å²) in [4.78, 5) is 32.1. The third-order valence-corrected chi connectivity index (χ3v) is 6.23. The monoisotopic (exact) mass is 389 g/mol. The van der Waals surface area contributed by atoms with Crippen LogP contribution >= 0.6 is 22.9 Å². The van der Waals surface area contributed by atoms with Gasteiger partial charge < -0.3 is 4.90 Å². The molecule has 0 N–H and O–H groups in total. The van der Waals surface area contributed by atoms with Crippen molar-refractivity contribution in [2.45, 2.75) is 25.9 Å². The van der Waals surface area contributed by atoms with Crippen LogP contribution in [0.3, 0.4) is 0 Å². The van der Waals surface area contributed by atoms with Crippen LogP contribution in [-0.2, 0) is 17.8 Å². The molecule has 7 heteroatoms. The summed E-state index contributed by atoms with van der Waals surface area (Å²) in [5.74, 6) is -0.131. The van der Waals surface area contributed by atoms with E-state index in [-0.39, 0.29) is 11.9 Å². The Morgan fingerprint density at radius 2 is 1.88 bits per heavy atom. The number of piperazine rings is 1. The predicted octanol–water partition coefficient (Wildman–Crippen LogP) is 3.62. The number of nitrogens with zero attached hydrogens (tertiary/aromatic N) is 3. The molecule has 1 aromatic heterocycles. The van der Waals surface area contributed by atoms with Crippen molar-refractivity contribution in [1.82, 2.24) is 9.80 Å². The Hall–Kier alpha value is -1.89. The maximum Gasteiger partial charge on any atom is 0.332 e. The summed E-state index contributed by atoms with van der Waals surface area (Å²) in [5, 5.41) is 0. The minimum absolute atomic E-state index is 0.131. The van der Waals surface area contributed by atoms with Crippen LogP contribution in [0.1, 0.15) is 17.4 Å². The number of thiophene rings is 1. The molecule has 5 nitrogen and oxygen atoms in total. The largest absolute Gasteiger partial charge is 0.332 e. The van der Waals surface area contributed by atoms with Gasteiger partial charge in [-0.1, -0.05) is 30.7 Å². The number of imide groups is 1. The zero-order valence-electron chi connectivity index (χ0n) is 14.5. The molecule has 1 atom stereocenters. The van der Waals surface area contributed by atoms with Crippen molar-refractivity contribution in [1.29, 1.82) is 0 Å². The molecule has 26 heavy (non-hydrogen) atoms. The normalized spacial score (nSPS) is 20.8. The van der Waals surface area contributed by atoms with Crippen molar-refractivity contribution in [2.75, 3.05) is 24.5 Å². The van der Waals surface area contributed by atoms with Crippen molar-refractivity contribution >= 4 is 40.6 Å². The summed E-state index contributed by atoms with van der Waals surface area (Å²) in [6.45, 7) is 4.72. The van der Waals surface area contributed by atoms with Gasteiger partial charge in [0.25, 0.3) is 5.91 Å². The van der Waals surface area contributed by atoms with Gasteiger partial charge in [0.1, 0.15) is 6.04 Å². The summed E-state index contributed by atoms with van der Waals surface area (Å²) in [6, 6.07) is 11.0. The number of aryl methyl sites for hydroxylation is 1. The first-order valence-electron chi connectivity index (χ1n) is 8.77. The van der Waals surface area contributed by atoms with Crippen molar-refractivity contribution in [3.63, 3.8) is 0 Å². The highest BCUT2D eigenvalue weighted by atomic mass is 35.5. The summed E-state index contributed by atoms with van der Waals surface area (Å²) in [6.07, 6.45) is 0.929. The zero-order chi connectivity index (χ0) is 18.3. The van der Waals surface area contributed by atoms with Crippen LogP contribution in [0.2, 0.25) is 4.34 Å². The van der Waals surface area contributed by atoms with Crippen LogP contribution in [0.15, 0.2) is 36.4 Å². The van der Waals surface area contributed by atoms with Gasteiger partial charge in [-0.15, -0.1) is 11.3 Å². The Morgan fingerprint density at radius 1 is 1.12 bits per heavy atom. The molecule has 4 rings (SSSR count). The highest BCUT2D eigenvalue weighted by Crippen LogP contribution is 2.29. The number of hydrogen-bond acceptors (Lipinski definition) is 4. The summed E-state index contributed by atoms with van der Waals surface area (Å²) < 4.78 is 0.771. The number of benzene rings is 1. The van der Waals surface area contributed by atoms with E-state index in [2.05, 4.69) is 11.8 Å². The van der Waals surface area contributed by atoms with Crippen molar-refractivity contribution < 1.29 is 9.59 Å². The fraction of sp³-hybridized carbons (Fsp3) is 0.368. The Balaban J connectivity index is 1.50. The molecule has 0 bridgehead atoms. The van der Waals surface area contributed by atoms with E-state index >= 15 is 0 Å². The smallest absolute Gasteiger partial charge is 0.309 e. The van der Waals surface area contributed by atoms with Crippen LogP contribution in [0.25, 0.3) is 0 Å². The maximum absolute atomic E-state index is 12.9. The molecule has 3 amide bonds. The lowest BCUT2D eigenvalue weighted by Crippen LogP contribution is -2.52. The molecular weight excluding hydrogens is 370 g/mol. The fourth-order valence-corrected chi connectivity index (χ4v) is 4.70. The predicted molar refractivity (Wildman–Crippen MR) is 104 cm³/mol. The Bertz CT molecular complexity index is 836. The molecule has 2 aliphatic heterocycles. The molecule has 1 unspecified atom stereocenters. The Labute approximate surface area is 161 Å². The number of urea groups is 1. The van der Waals surface area contributed by atoms with Gasteiger partial charge in [-0.3, -0.25) is 9.69 Å². The molecule has 0 saturated carbocycles. The maximum atomic E-state index is 12.9. The SMILES string of the molecule is CCc1ccc(N2C(=O)C3CN(Cc4ccc(Cl)s4)CCN3C2=O)cc1. The number of rotatable bonds is 4. The lowest BCUT2D eigenvalue weighted by Gasteiger charge is -2.34. The highest BCUT2D eigenvalue weighted by molar-refractivity contribution is 7.16. The van der Waals surface area contributed by atoms with Gasteiger partial charge in [0.05, 0.1) is 10.0 Å². The fourth-order valence-electron chi connectivity index (χ4n) is 3.57. The van der Waals surface area contributed by atoms with Gasteiger partial charge in [0.2, 0.25) is 0 Å². The molecule has 3 heterocycles. The molecule has 2 fully saturated rings. The van der Waals surface area contributed by atoms with Crippen LogP contribution in [0.4, 0.5) is 10.5 Å². The van der Waals surface area contributed by atoms with E-state index in [4.69, 9.17) is 11.6 Å². The van der Waals surface area contributed by atoms with Crippen molar-refractivity contribution in [3.05, 3.63) is 51.2 Å². The summed E-state index contributed by atoms with van der Waals surface area (Å²) in [5.41, 5.74) is 1.84. The van der Waals surface area contributed by atoms with Gasteiger partial charge in [0.15, 0.2) is 0 Å². The van der Waals surface area contributed by atoms with Gasteiger partial charge in [-0.2, -0.15) is 0 Å². The first-order chi connectivity index (χ1) is 12.6. The molecule has 2 aliphatic rings. The average Bonchev–Trinajstić information content (AvgIpc) is 3.16. The zero-order valence-corrected chi connectivity index (χ0v) is 16.1. The molecule has 0 spiro atoms. The number of anilines is 1. The van der Waals surface area contributed by atoms with Crippen LogP contribution in [0, 0.1) is 0 Å². The second-order valence-electron chi connectivity index (χ2n) is 6.63. The lowest BCUT2D eigenvalue weighted by molar-refractivity contribution is -0.121. The first kappa shape index (κ1) is 17.5. The topological polar surface area (TPSA) is 43.9 Å². The summed E-state index contributed by atoms with van der Waals surface area (Å²) in [7, 11) is 0. The molecule has 136 valence electrons. The minimum Gasteiger partial charge on any atom is -0.309 e. The molecule has 2 saturated heterocycles. The quantitative estimate of drug-likeness (QED) is 0.750. The van der Waals surface area contributed by atoms with Gasteiger partial charge in [-0.05, 0) is 36.2 Å². The van der Waals surface area contributed by atoms with Crippen LogP contribution in [-0.4, -0.2) is 47.4 Å². The van der Waals surface area contributed by atoms with E-state index in [0.29, 0.717) is 18.8 Å². The Kier molecular flexibility index (Phi) is 4.73. The van der Waals surface area contributed by atoms with Crippen LogP contribution in [0.5, 0.6) is 0 Å². The number of amides is 3. The van der Waals surface area contributed by atoms with Gasteiger partial charge in [0, 0.05) is 31.1 Å². The molecule has 1 aromatic carbocycles. The molecule has 2 aromatic rings. The third kappa shape index (κ3) is 3.13. The first-order valence-corrected chi connectivity index (χ1v) is 9.96. The molecule has 0 radical (unpaired) electrons. The highest BCUT2D eigenvalue weighted by Gasteiger charge is 2.48. The number of hydrogen-bond donors (Lipinski definition) is 0. The van der Waals surface area contributed by atoms with E-state index in [1.807, 2.05) is 36.4 Å².